The van der Waals surface area contributed by atoms with Crippen LogP contribution in [0.2, 0.25) is 5.02 Å². The molecule has 2 aromatic heterocycles. The number of carbonyl (C=O) groups excluding carboxylic acids is 1. The number of sulfonamides is 1. The van der Waals surface area contributed by atoms with E-state index in [4.69, 9.17) is 11.6 Å². The van der Waals surface area contributed by atoms with E-state index in [9.17, 15) is 31.2 Å². The Morgan fingerprint density at radius 1 is 0.949 bits per heavy atom. The molecule has 2 heterocycles. The van der Waals surface area contributed by atoms with Crippen molar-refractivity contribution in [2.24, 2.45) is 0 Å². The summed E-state index contributed by atoms with van der Waals surface area (Å²) in [6, 6.07) is 14.2. The summed E-state index contributed by atoms with van der Waals surface area (Å²) in [6.07, 6.45) is 1.37. The van der Waals surface area contributed by atoms with E-state index in [1.165, 1.54) is 41.1 Å². The molecule has 7 nitrogen and oxygen atoms in total. The molecular weight excluding hydrogens is 555 g/mol. The lowest BCUT2D eigenvalue weighted by Crippen LogP contribution is -2.33. The molecule has 0 aliphatic heterocycles. The normalized spacial score (nSPS) is 11.6. The van der Waals surface area contributed by atoms with Crippen molar-refractivity contribution >= 4 is 38.4 Å². The number of carbonyl (C=O) groups is 1. The quantitative estimate of drug-likeness (QED) is 0.291. The second-order valence-electron chi connectivity index (χ2n) is 8.51. The first-order valence-electron chi connectivity index (χ1n) is 11.3. The van der Waals surface area contributed by atoms with Gasteiger partial charge in [0.05, 0.1) is 11.4 Å². The van der Waals surface area contributed by atoms with Gasteiger partial charge in [0.2, 0.25) is 0 Å². The molecule has 0 unspecified atom stereocenters. The minimum Gasteiger partial charge on any atom is -0.331 e. The fourth-order valence-electron chi connectivity index (χ4n) is 4.32. The molecule has 0 bridgehead atoms. The number of hydrogen-bond acceptors (Lipinski definition) is 4. The molecule has 0 saturated carbocycles. The number of rotatable bonds is 6. The van der Waals surface area contributed by atoms with Gasteiger partial charge >= 0.3 is 0 Å². The first kappa shape index (κ1) is 26.3. The summed E-state index contributed by atoms with van der Waals surface area (Å²) >= 11 is 6.23. The molecule has 0 spiro atoms. The molecule has 198 valence electrons. The Morgan fingerprint density at radius 3 is 2.46 bits per heavy atom. The number of aromatic nitrogens is 2. The van der Waals surface area contributed by atoms with Crippen molar-refractivity contribution in [3.63, 3.8) is 0 Å². The maximum atomic E-state index is 14.7. The van der Waals surface area contributed by atoms with Crippen LogP contribution in [0.25, 0.3) is 22.0 Å². The van der Waals surface area contributed by atoms with Gasteiger partial charge in [-0.1, -0.05) is 17.7 Å². The number of pyridine rings is 1. The van der Waals surface area contributed by atoms with Crippen LogP contribution in [-0.4, -0.2) is 23.9 Å². The molecule has 0 aliphatic carbocycles. The maximum absolute atomic E-state index is 14.7. The topological polar surface area (TPSA) is 101 Å². The highest BCUT2D eigenvalue weighted by molar-refractivity contribution is 7.90. The van der Waals surface area contributed by atoms with E-state index in [2.05, 4.69) is 4.98 Å². The second-order valence-corrected chi connectivity index (χ2v) is 10.6. The van der Waals surface area contributed by atoms with Crippen LogP contribution in [0.15, 0.2) is 88.7 Å². The van der Waals surface area contributed by atoms with Crippen molar-refractivity contribution in [2.45, 2.75) is 11.4 Å². The number of fused-ring (bicyclic) bond motifs is 1. The smallest absolute Gasteiger partial charge is 0.282 e. The summed E-state index contributed by atoms with van der Waals surface area (Å²) in [7, 11) is -4.59. The van der Waals surface area contributed by atoms with Gasteiger partial charge in [-0.3, -0.25) is 9.59 Å². The van der Waals surface area contributed by atoms with Gasteiger partial charge in [0.1, 0.15) is 23.1 Å². The van der Waals surface area contributed by atoms with Gasteiger partial charge in [0, 0.05) is 38.8 Å². The number of nitrogens with one attached hydrogen (secondary N) is 2. The van der Waals surface area contributed by atoms with Crippen molar-refractivity contribution in [1.82, 2.24) is 14.3 Å². The number of benzene rings is 3. The van der Waals surface area contributed by atoms with Gasteiger partial charge in [-0.2, -0.15) is 0 Å². The van der Waals surface area contributed by atoms with Crippen molar-refractivity contribution in [3.05, 3.63) is 123 Å². The third kappa shape index (κ3) is 5.06. The van der Waals surface area contributed by atoms with E-state index in [1.54, 1.807) is 0 Å². The zero-order chi connectivity index (χ0) is 27.9. The van der Waals surface area contributed by atoms with Crippen molar-refractivity contribution < 1.29 is 26.4 Å². The lowest BCUT2D eigenvalue weighted by Gasteiger charge is -2.14. The minimum atomic E-state index is -4.59. The predicted molar refractivity (Wildman–Crippen MR) is 140 cm³/mol. The van der Waals surface area contributed by atoms with Crippen molar-refractivity contribution in [3.8, 4) is 11.1 Å². The summed E-state index contributed by atoms with van der Waals surface area (Å²) in [5.74, 6) is -3.54. The van der Waals surface area contributed by atoms with E-state index >= 15 is 0 Å². The molecule has 2 N–H and O–H groups in total. The SMILES string of the molecule is O=C(NS(=O)(=O)c1cccc(F)c1)c1c(-c2ccc[nH]c2=O)c2cc(Cl)ccc2n1Cc1cc(F)ccc1F. The number of nitrogens with zero attached hydrogens (tertiary/aromatic N) is 1. The maximum Gasteiger partial charge on any atom is 0.282 e. The van der Waals surface area contributed by atoms with Crippen LogP contribution in [0, 0.1) is 17.5 Å². The first-order chi connectivity index (χ1) is 18.5. The van der Waals surface area contributed by atoms with Crippen molar-refractivity contribution in [1.29, 1.82) is 0 Å². The van der Waals surface area contributed by atoms with E-state index in [0.29, 0.717) is 0 Å². The van der Waals surface area contributed by atoms with Crippen LogP contribution in [0.1, 0.15) is 16.1 Å². The zero-order valence-corrected chi connectivity index (χ0v) is 21.3. The highest BCUT2D eigenvalue weighted by Gasteiger charge is 2.29. The van der Waals surface area contributed by atoms with E-state index in [-0.39, 0.29) is 38.3 Å². The molecule has 12 heteroatoms. The Morgan fingerprint density at radius 2 is 1.72 bits per heavy atom. The highest BCUT2D eigenvalue weighted by Crippen LogP contribution is 2.36. The Hall–Kier alpha value is -4.35. The average Bonchev–Trinajstić information content (AvgIpc) is 3.19. The Bertz CT molecular complexity index is 1940. The van der Waals surface area contributed by atoms with Crippen LogP contribution in [0.3, 0.4) is 0 Å². The van der Waals surface area contributed by atoms with Gasteiger partial charge < -0.3 is 9.55 Å². The molecule has 1 amide bonds. The zero-order valence-electron chi connectivity index (χ0n) is 19.7. The molecule has 0 atom stereocenters. The standard InChI is InChI=1S/C27H17ClF3N3O4S/c28-16-6-9-23-21(12-16)24(20-5-2-10-32-26(20)35)25(34(23)14-15-11-18(30)7-8-22(15)31)27(36)33-39(37,38)19-4-1-3-17(29)13-19/h1-13H,14H2,(H,32,35)(H,33,36). The minimum absolute atomic E-state index is 0.00321. The number of halogens is 4. The number of hydrogen-bond donors (Lipinski definition) is 2. The Balaban J connectivity index is 1.79. The lowest BCUT2D eigenvalue weighted by atomic mass is 10.0. The van der Waals surface area contributed by atoms with Gasteiger partial charge in [0.15, 0.2) is 0 Å². The molecule has 0 radical (unpaired) electrons. The molecule has 39 heavy (non-hydrogen) atoms. The van der Waals surface area contributed by atoms with E-state index < -0.39 is 50.4 Å². The summed E-state index contributed by atoms with van der Waals surface area (Å²) in [5.41, 5.74) is -0.787. The summed E-state index contributed by atoms with van der Waals surface area (Å²) in [6.45, 7) is -0.408. The van der Waals surface area contributed by atoms with Crippen LogP contribution in [0.4, 0.5) is 13.2 Å². The molecule has 5 aromatic rings. The van der Waals surface area contributed by atoms with E-state index in [1.807, 2.05) is 4.72 Å². The lowest BCUT2D eigenvalue weighted by molar-refractivity contribution is 0.0974. The molecule has 0 aliphatic rings. The second kappa shape index (κ2) is 10.1. The monoisotopic (exact) mass is 571 g/mol. The van der Waals surface area contributed by atoms with Gasteiger partial charge in [0.25, 0.3) is 21.5 Å². The van der Waals surface area contributed by atoms with Crippen LogP contribution >= 0.6 is 11.6 Å². The summed E-state index contributed by atoms with van der Waals surface area (Å²) in [4.78, 5) is 28.5. The first-order valence-corrected chi connectivity index (χ1v) is 13.2. The molecule has 0 fully saturated rings. The van der Waals surface area contributed by atoms with Crippen LogP contribution in [-0.2, 0) is 16.6 Å². The van der Waals surface area contributed by atoms with Crippen LogP contribution < -0.4 is 10.3 Å². The van der Waals surface area contributed by atoms with Gasteiger partial charge in [-0.15, -0.1) is 0 Å². The molecule has 0 saturated heterocycles. The fourth-order valence-corrected chi connectivity index (χ4v) is 5.47. The highest BCUT2D eigenvalue weighted by atomic mass is 35.5. The number of amides is 1. The average molecular weight is 572 g/mol. The summed E-state index contributed by atoms with van der Waals surface area (Å²) < 4.78 is 71.6. The summed E-state index contributed by atoms with van der Waals surface area (Å²) in [5, 5.41) is 0.522. The third-order valence-electron chi connectivity index (χ3n) is 6.00. The Labute approximate surface area is 224 Å². The third-order valence-corrected chi connectivity index (χ3v) is 7.56. The van der Waals surface area contributed by atoms with Crippen LogP contribution in [0.5, 0.6) is 0 Å². The van der Waals surface area contributed by atoms with E-state index in [0.717, 1.165) is 42.5 Å². The predicted octanol–water partition coefficient (Wildman–Crippen LogP) is 5.23. The number of aromatic amines is 1. The molecule has 5 rings (SSSR count). The fraction of sp³-hybridized carbons (Fsp3) is 0.0370. The van der Waals surface area contributed by atoms with Gasteiger partial charge in [-0.05, 0) is 66.7 Å². The Kier molecular flexibility index (Phi) is 6.79. The molecule has 3 aromatic carbocycles. The van der Waals surface area contributed by atoms with Crippen molar-refractivity contribution in [2.75, 3.05) is 0 Å². The number of H-pyrrole nitrogens is 1. The van der Waals surface area contributed by atoms with Gasteiger partial charge in [-0.25, -0.2) is 26.3 Å². The largest absolute Gasteiger partial charge is 0.331 e. The molecular formula is C27H17ClF3N3O4S.